The fourth-order valence-corrected chi connectivity index (χ4v) is 1.50. The van der Waals surface area contributed by atoms with E-state index in [1.807, 2.05) is 46.8 Å². The molecule has 0 fully saturated rings. The van der Waals surface area contributed by atoms with E-state index in [1.165, 1.54) is 0 Å². The Kier molecular flexibility index (Phi) is 3.71. The zero-order valence-corrected chi connectivity index (χ0v) is 11.0. The fourth-order valence-electron chi connectivity index (χ4n) is 1.50. The molecule has 92 valence electrons. The quantitative estimate of drug-likeness (QED) is 0.629. The van der Waals surface area contributed by atoms with Crippen molar-refractivity contribution < 1.29 is 9.59 Å². The molecule has 17 heavy (non-hydrogen) atoms. The lowest BCUT2D eigenvalue weighted by Crippen LogP contribution is -2.44. The maximum absolute atomic E-state index is 12.0. The third-order valence-corrected chi connectivity index (χ3v) is 2.33. The lowest BCUT2D eigenvalue weighted by atomic mass is 10.0. The van der Waals surface area contributed by atoms with Gasteiger partial charge in [-0.2, -0.15) is 0 Å². The number of ketones is 1. The van der Waals surface area contributed by atoms with E-state index in [-0.39, 0.29) is 0 Å². The van der Waals surface area contributed by atoms with Gasteiger partial charge < -0.3 is 5.32 Å². The lowest BCUT2D eigenvalue weighted by molar-refractivity contribution is -0.118. The molecule has 1 aromatic carbocycles. The highest BCUT2D eigenvalue weighted by molar-refractivity contribution is 6.43. The van der Waals surface area contributed by atoms with E-state index in [0.29, 0.717) is 5.56 Å². The van der Waals surface area contributed by atoms with Gasteiger partial charge in [-0.1, -0.05) is 17.7 Å². The highest BCUT2D eigenvalue weighted by Crippen LogP contribution is 2.12. The van der Waals surface area contributed by atoms with Gasteiger partial charge in [0.25, 0.3) is 5.91 Å². The second-order valence-electron chi connectivity index (χ2n) is 5.35. The zero-order valence-electron chi connectivity index (χ0n) is 11.0. The summed E-state index contributed by atoms with van der Waals surface area (Å²) in [6.07, 6.45) is 0. The number of hydrogen-bond donors (Lipinski definition) is 1. The van der Waals surface area contributed by atoms with Crippen molar-refractivity contribution in [3.05, 3.63) is 34.9 Å². The van der Waals surface area contributed by atoms with Gasteiger partial charge in [-0.3, -0.25) is 9.59 Å². The monoisotopic (exact) mass is 233 g/mol. The number of hydrogen-bond acceptors (Lipinski definition) is 2. The van der Waals surface area contributed by atoms with Gasteiger partial charge in [0.2, 0.25) is 5.78 Å². The summed E-state index contributed by atoms with van der Waals surface area (Å²) in [4.78, 5) is 23.7. The summed E-state index contributed by atoms with van der Waals surface area (Å²) in [6.45, 7) is 9.28. The van der Waals surface area contributed by atoms with Crippen LogP contribution in [-0.4, -0.2) is 17.2 Å². The van der Waals surface area contributed by atoms with Gasteiger partial charge in [-0.25, -0.2) is 0 Å². The van der Waals surface area contributed by atoms with Gasteiger partial charge >= 0.3 is 0 Å². The summed E-state index contributed by atoms with van der Waals surface area (Å²) in [7, 11) is 0. The zero-order chi connectivity index (χ0) is 13.2. The summed E-state index contributed by atoms with van der Waals surface area (Å²) in [5.74, 6) is -1.02. The van der Waals surface area contributed by atoms with Gasteiger partial charge in [-0.05, 0) is 46.2 Å². The molecule has 0 spiro atoms. The maximum atomic E-state index is 12.0. The second kappa shape index (κ2) is 4.70. The van der Waals surface area contributed by atoms with Crippen LogP contribution in [0.1, 0.15) is 42.3 Å². The van der Waals surface area contributed by atoms with Crippen LogP contribution in [-0.2, 0) is 4.79 Å². The van der Waals surface area contributed by atoms with Crippen molar-refractivity contribution in [3.8, 4) is 0 Å². The fraction of sp³-hybridized carbons (Fsp3) is 0.429. The molecule has 0 aliphatic heterocycles. The van der Waals surface area contributed by atoms with Crippen molar-refractivity contribution in [2.24, 2.45) is 0 Å². The average molecular weight is 233 g/mol. The summed E-state index contributed by atoms with van der Waals surface area (Å²) >= 11 is 0. The van der Waals surface area contributed by atoms with Crippen molar-refractivity contribution in [3.63, 3.8) is 0 Å². The highest BCUT2D eigenvalue weighted by Gasteiger charge is 2.22. The van der Waals surface area contributed by atoms with Gasteiger partial charge in [-0.15, -0.1) is 0 Å². The molecule has 1 aromatic rings. The number of amides is 1. The minimum Gasteiger partial charge on any atom is -0.345 e. The molecular formula is C14H19NO2. The van der Waals surface area contributed by atoms with Crippen LogP contribution in [0.3, 0.4) is 0 Å². The largest absolute Gasteiger partial charge is 0.345 e. The molecule has 0 saturated carbocycles. The van der Waals surface area contributed by atoms with Crippen LogP contribution in [0.5, 0.6) is 0 Å². The second-order valence-corrected chi connectivity index (χ2v) is 5.35. The van der Waals surface area contributed by atoms with Crippen molar-refractivity contribution in [2.45, 2.75) is 40.2 Å². The molecule has 0 saturated heterocycles. The molecule has 0 radical (unpaired) electrons. The number of Topliss-reactive ketones (excluding diaryl/α,β-unsaturated/α-hetero) is 1. The predicted octanol–water partition coefficient (Wildman–Crippen LogP) is 2.40. The van der Waals surface area contributed by atoms with E-state index >= 15 is 0 Å². The molecule has 3 heteroatoms. The Labute approximate surface area is 102 Å². The minimum atomic E-state index is -0.550. The van der Waals surface area contributed by atoms with E-state index < -0.39 is 17.2 Å². The summed E-state index contributed by atoms with van der Waals surface area (Å²) in [6, 6.07) is 5.53. The third kappa shape index (κ3) is 3.70. The Morgan fingerprint density at radius 3 is 2.24 bits per heavy atom. The number of carbonyl (C=O) groups is 2. The molecule has 3 nitrogen and oxygen atoms in total. The van der Waals surface area contributed by atoms with E-state index in [9.17, 15) is 9.59 Å². The van der Waals surface area contributed by atoms with Gasteiger partial charge in [0.1, 0.15) is 0 Å². The van der Waals surface area contributed by atoms with E-state index in [4.69, 9.17) is 0 Å². The Morgan fingerprint density at radius 1 is 1.12 bits per heavy atom. The van der Waals surface area contributed by atoms with Crippen molar-refractivity contribution in [2.75, 3.05) is 0 Å². The molecule has 0 aromatic heterocycles. The van der Waals surface area contributed by atoms with Gasteiger partial charge in [0.05, 0.1) is 0 Å². The van der Waals surface area contributed by atoms with Crippen LogP contribution in [0.4, 0.5) is 0 Å². The first-order chi connectivity index (χ1) is 7.70. The molecule has 0 bridgehead atoms. The summed E-state index contributed by atoms with van der Waals surface area (Å²) < 4.78 is 0. The van der Waals surface area contributed by atoms with E-state index in [0.717, 1.165) is 11.1 Å². The topological polar surface area (TPSA) is 46.2 Å². The van der Waals surface area contributed by atoms with E-state index in [2.05, 4.69) is 5.32 Å². The summed E-state index contributed by atoms with van der Waals surface area (Å²) in [5.41, 5.74) is 1.88. The molecule has 0 aliphatic carbocycles. The standard InChI is InChI=1S/C14H19NO2/c1-9-6-7-10(2)11(8-9)12(16)13(17)15-14(3,4)5/h6-8H,1-5H3,(H,15,17). The van der Waals surface area contributed by atoms with Gasteiger partial charge in [0, 0.05) is 11.1 Å². The average Bonchev–Trinajstić information content (AvgIpc) is 2.18. The molecule has 0 unspecified atom stereocenters. The lowest BCUT2D eigenvalue weighted by Gasteiger charge is -2.20. The predicted molar refractivity (Wildman–Crippen MR) is 68.1 cm³/mol. The highest BCUT2D eigenvalue weighted by atomic mass is 16.2. The molecule has 1 N–H and O–H groups in total. The molecule has 1 rings (SSSR count). The Balaban J connectivity index is 2.97. The molecule has 0 heterocycles. The van der Waals surface area contributed by atoms with Crippen molar-refractivity contribution in [1.29, 1.82) is 0 Å². The number of carbonyl (C=O) groups excluding carboxylic acids is 2. The Morgan fingerprint density at radius 2 is 1.71 bits per heavy atom. The smallest absolute Gasteiger partial charge is 0.292 e. The minimum absolute atomic E-state index is 0.398. The van der Waals surface area contributed by atoms with Crippen LogP contribution in [0.2, 0.25) is 0 Å². The number of aryl methyl sites for hydroxylation is 2. The normalized spacial score (nSPS) is 11.1. The first-order valence-electron chi connectivity index (χ1n) is 5.65. The number of rotatable bonds is 2. The SMILES string of the molecule is Cc1ccc(C)c(C(=O)C(=O)NC(C)(C)C)c1. The molecular weight excluding hydrogens is 214 g/mol. The van der Waals surface area contributed by atoms with Crippen LogP contribution in [0.15, 0.2) is 18.2 Å². The number of nitrogens with one attached hydrogen (secondary N) is 1. The van der Waals surface area contributed by atoms with Crippen molar-refractivity contribution >= 4 is 11.7 Å². The number of benzene rings is 1. The van der Waals surface area contributed by atoms with Crippen LogP contribution < -0.4 is 5.32 Å². The van der Waals surface area contributed by atoms with Crippen LogP contribution >= 0.6 is 0 Å². The first kappa shape index (κ1) is 13.4. The van der Waals surface area contributed by atoms with Crippen LogP contribution in [0.25, 0.3) is 0 Å². The van der Waals surface area contributed by atoms with Gasteiger partial charge in [0.15, 0.2) is 0 Å². The Bertz CT molecular complexity index is 456. The van der Waals surface area contributed by atoms with Crippen molar-refractivity contribution in [1.82, 2.24) is 5.32 Å². The van der Waals surface area contributed by atoms with Crippen LogP contribution in [0, 0.1) is 13.8 Å². The maximum Gasteiger partial charge on any atom is 0.292 e. The summed E-state index contributed by atoms with van der Waals surface area (Å²) in [5, 5.41) is 2.68. The third-order valence-electron chi connectivity index (χ3n) is 2.33. The first-order valence-corrected chi connectivity index (χ1v) is 5.65. The molecule has 1 amide bonds. The molecule has 0 aliphatic rings. The Hall–Kier alpha value is -1.64. The molecule has 0 atom stereocenters. The van der Waals surface area contributed by atoms with E-state index in [1.54, 1.807) is 6.07 Å².